The van der Waals surface area contributed by atoms with Crippen molar-refractivity contribution in [1.82, 2.24) is 9.55 Å². The van der Waals surface area contributed by atoms with Crippen molar-refractivity contribution in [3.63, 3.8) is 0 Å². The van der Waals surface area contributed by atoms with Crippen LogP contribution in [0.4, 0.5) is 0 Å². The molecule has 0 aliphatic rings. The predicted octanol–water partition coefficient (Wildman–Crippen LogP) is 3.69. The maximum Gasteiger partial charge on any atom is 0.280 e. The number of aryl methyl sites for hydroxylation is 3. The van der Waals surface area contributed by atoms with E-state index in [1.165, 1.54) is 5.56 Å². The Kier molecular flexibility index (Phi) is 3.23. The Morgan fingerprint density at radius 3 is 2.61 bits per heavy atom. The molecular weight excluding hydrogens is 288 g/mol. The minimum absolute atomic E-state index is 0.0912. The van der Waals surface area contributed by atoms with Crippen molar-refractivity contribution < 1.29 is 4.42 Å². The first-order chi connectivity index (χ1) is 11.2. The Bertz CT molecular complexity index is 1050. The number of para-hydroxylation sites is 1. The third-order valence-electron chi connectivity index (χ3n) is 4.09. The number of hydrogen-bond acceptors (Lipinski definition) is 3. The van der Waals surface area contributed by atoms with Crippen molar-refractivity contribution in [1.29, 1.82) is 0 Å². The molecule has 0 radical (unpaired) electrons. The second-order valence-corrected chi connectivity index (χ2v) is 5.62. The van der Waals surface area contributed by atoms with Crippen LogP contribution in [0.15, 0.2) is 63.8 Å². The van der Waals surface area contributed by atoms with Crippen LogP contribution in [0.2, 0.25) is 0 Å². The lowest BCUT2D eigenvalue weighted by Gasteiger charge is -2.10. The summed E-state index contributed by atoms with van der Waals surface area (Å²) < 4.78 is 7.45. The molecule has 4 aromatic rings. The van der Waals surface area contributed by atoms with Crippen LogP contribution in [0.5, 0.6) is 0 Å². The van der Waals surface area contributed by atoms with Crippen LogP contribution in [-0.2, 0) is 13.0 Å². The van der Waals surface area contributed by atoms with Crippen molar-refractivity contribution in [2.24, 2.45) is 0 Å². The number of pyridine rings is 1. The lowest BCUT2D eigenvalue weighted by atomic mass is 10.1. The van der Waals surface area contributed by atoms with Crippen molar-refractivity contribution in [2.45, 2.75) is 19.9 Å². The first-order valence-electron chi connectivity index (χ1n) is 7.66. The molecule has 0 saturated heterocycles. The summed E-state index contributed by atoms with van der Waals surface area (Å²) in [6.45, 7) is 2.38. The highest BCUT2D eigenvalue weighted by atomic mass is 16.3. The number of nitrogens with zero attached hydrogens (tertiary/aromatic N) is 2. The van der Waals surface area contributed by atoms with Gasteiger partial charge in [-0.3, -0.25) is 4.79 Å². The van der Waals surface area contributed by atoms with Gasteiger partial charge in [-0.1, -0.05) is 42.5 Å². The van der Waals surface area contributed by atoms with E-state index in [0.29, 0.717) is 23.5 Å². The summed E-state index contributed by atoms with van der Waals surface area (Å²) in [5.41, 5.74) is 3.00. The molecule has 0 atom stereocenters. The van der Waals surface area contributed by atoms with E-state index in [2.05, 4.69) is 17.1 Å². The van der Waals surface area contributed by atoms with E-state index in [1.807, 2.05) is 42.5 Å². The summed E-state index contributed by atoms with van der Waals surface area (Å²) in [7, 11) is 0. The van der Waals surface area contributed by atoms with E-state index in [1.54, 1.807) is 11.5 Å². The van der Waals surface area contributed by atoms with E-state index in [9.17, 15) is 4.79 Å². The van der Waals surface area contributed by atoms with Crippen LogP contribution in [0.25, 0.3) is 22.0 Å². The molecule has 0 aliphatic heterocycles. The Morgan fingerprint density at radius 2 is 1.78 bits per heavy atom. The fourth-order valence-electron chi connectivity index (χ4n) is 3.00. The largest absolute Gasteiger partial charge is 0.440 e. The molecule has 2 heterocycles. The maximum absolute atomic E-state index is 12.8. The van der Waals surface area contributed by atoms with Gasteiger partial charge in [0.1, 0.15) is 0 Å². The lowest BCUT2D eigenvalue weighted by molar-refractivity contribution is 0.563. The molecule has 0 unspecified atom stereocenters. The maximum atomic E-state index is 12.8. The predicted molar refractivity (Wildman–Crippen MR) is 90.7 cm³/mol. The highest BCUT2D eigenvalue weighted by Crippen LogP contribution is 2.23. The molecule has 114 valence electrons. The summed E-state index contributed by atoms with van der Waals surface area (Å²) in [5.74, 6) is 0.517. The quantitative estimate of drug-likeness (QED) is 0.580. The molecular formula is C19H16N2O2. The van der Waals surface area contributed by atoms with Crippen LogP contribution in [0, 0.1) is 6.92 Å². The summed E-state index contributed by atoms with van der Waals surface area (Å²) in [6, 6.07) is 18.0. The van der Waals surface area contributed by atoms with Gasteiger partial charge in [-0.25, -0.2) is 4.98 Å². The molecule has 23 heavy (non-hydrogen) atoms. The molecule has 0 bridgehead atoms. The first kappa shape index (κ1) is 13.8. The van der Waals surface area contributed by atoms with Crippen LogP contribution in [0.3, 0.4) is 0 Å². The number of fused-ring (bicyclic) bond motifs is 3. The van der Waals surface area contributed by atoms with Gasteiger partial charge in [-0.15, -0.1) is 0 Å². The van der Waals surface area contributed by atoms with E-state index in [-0.39, 0.29) is 5.56 Å². The van der Waals surface area contributed by atoms with Crippen molar-refractivity contribution >= 4 is 22.0 Å². The smallest absolute Gasteiger partial charge is 0.280 e. The van der Waals surface area contributed by atoms with Crippen LogP contribution < -0.4 is 5.56 Å². The van der Waals surface area contributed by atoms with Gasteiger partial charge in [0.2, 0.25) is 0 Å². The standard InChI is InChI=1S/C19H16N2O2/c1-13-20-17-18(23-13)15-9-5-6-10-16(15)21(19(17)22)12-11-14-7-3-2-4-8-14/h2-10H,11-12H2,1H3. The summed E-state index contributed by atoms with van der Waals surface area (Å²) in [5, 5.41) is 0.927. The Hall–Kier alpha value is -2.88. The van der Waals surface area contributed by atoms with Crippen molar-refractivity contribution in [3.05, 3.63) is 76.4 Å². The van der Waals surface area contributed by atoms with E-state index < -0.39 is 0 Å². The lowest BCUT2D eigenvalue weighted by Crippen LogP contribution is -2.22. The fourth-order valence-corrected chi connectivity index (χ4v) is 3.00. The van der Waals surface area contributed by atoms with Gasteiger partial charge in [0.05, 0.1) is 5.52 Å². The molecule has 0 N–H and O–H groups in total. The molecule has 0 saturated carbocycles. The van der Waals surface area contributed by atoms with Gasteiger partial charge in [0, 0.05) is 18.9 Å². The van der Waals surface area contributed by atoms with Crippen molar-refractivity contribution in [2.75, 3.05) is 0 Å². The molecule has 0 amide bonds. The zero-order valence-corrected chi connectivity index (χ0v) is 12.8. The topological polar surface area (TPSA) is 48.0 Å². The Balaban J connectivity index is 1.90. The zero-order valence-electron chi connectivity index (χ0n) is 12.8. The SMILES string of the molecule is Cc1nc2c(=O)n(CCc3ccccc3)c3ccccc3c2o1. The normalized spacial score (nSPS) is 11.3. The van der Waals surface area contributed by atoms with Gasteiger partial charge in [-0.2, -0.15) is 0 Å². The third kappa shape index (κ3) is 2.32. The van der Waals surface area contributed by atoms with Gasteiger partial charge in [0.25, 0.3) is 5.56 Å². The summed E-state index contributed by atoms with van der Waals surface area (Å²) >= 11 is 0. The molecule has 0 fully saturated rings. The zero-order chi connectivity index (χ0) is 15.8. The average molecular weight is 304 g/mol. The summed E-state index contributed by atoms with van der Waals surface area (Å²) in [6.07, 6.45) is 0.799. The van der Waals surface area contributed by atoms with E-state index >= 15 is 0 Å². The number of benzene rings is 2. The second kappa shape index (κ2) is 5.39. The van der Waals surface area contributed by atoms with Crippen LogP contribution >= 0.6 is 0 Å². The monoisotopic (exact) mass is 304 g/mol. The number of rotatable bonds is 3. The van der Waals surface area contributed by atoms with Gasteiger partial charge in [-0.05, 0) is 24.1 Å². The van der Waals surface area contributed by atoms with E-state index in [4.69, 9.17) is 4.42 Å². The minimum Gasteiger partial charge on any atom is -0.440 e. The van der Waals surface area contributed by atoms with Gasteiger partial charge < -0.3 is 8.98 Å². The molecule has 2 aromatic heterocycles. The van der Waals surface area contributed by atoms with Gasteiger partial charge in [0.15, 0.2) is 17.0 Å². The molecule has 0 spiro atoms. The number of oxazole rings is 1. The Morgan fingerprint density at radius 1 is 1.04 bits per heavy atom. The minimum atomic E-state index is -0.0912. The molecule has 4 rings (SSSR count). The first-order valence-corrected chi connectivity index (χ1v) is 7.66. The third-order valence-corrected chi connectivity index (χ3v) is 4.09. The number of aromatic nitrogens is 2. The van der Waals surface area contributed by atoms with E-state index in [0.717, 1.165) is 17.3 Å². The molecule has 4 nitrogen and oxygen atoms in total. The van der Waals surface area contributed by atoms with Crippen LogP contribution in [-0.4, -0.2) is 9.55 Å². The average Bonchev–Trinajstić information content (AvgIpc) is 2.98. The molecule has 0 aliphatic carbocycles. The highest BCUT2D eigenvalue weighted by Gasteiger charge is 2.15. The highest BCUT2D eigenvalue weighted by molar-refractivity contribution is 6.00. The van der Waals surface area contributed by atoms with Crippen LogP contribution in [0.1, 0.15) is 11.5 Å². The second-order valence-electron chi connectivity index (χ2n) is 5.62. The molecule has 4 heteroatoms. The number of hydrogen-bond donors (Lipinski definition) is 0. The van der Waals surface area contributed by atoms with Gasteiger partial charge >= 0.3 is 0 Å². The molecule has 2 aromatic carbocycles. The summed E-state index contributed by atoms with van der Waals surface area (Å²) in [4.78, 5) is 17.1. The van der Waals surface area contributed by atoms with Crippen molar-refractivity contribution in [3.8, 4) is 0 Å². The Labute approximate surface area is 133 Å². The fraction of sp³-hybridized carbons (Fsp3) is 0.158.